The molecule has 0 fully saturated rings. The van der Waals surface area contributed by atoms with Crippen LogP contribution in [0.3, 0.4) is 0 Å². The number of nitriles is 1. The topological polar surface area (TPSA) is 35.8 Å². The molecule has 2 nitrogen and oxygen atoms in total. The van der Waals surface area contributed by atoms with E-state index in [2.05, 4.69) is 5.32 Å². The lowest BCUT2D eigenvalue weighted by Gasteiger charge is -2.14. The van der Waals surface area contributed by atoms with Crippen molar-refractivity contribution in [1.82, 2.24) is 5.32 Å². The molecule has 0 bridgehead atoms. The van der Waals surface area contributed by atoms with Crippen LogP contribution in [0.15, 0.2) is 24.3 Å². The normalized spacial score (nSPS) is 13.1. The van der Waals surface area contributed by atoms with Crippen molar-refractivity contribution in [1.29, 1.82) is 5.26 Å². The van der Waals surface area contributed by atoms with Crippen LogP contribution >= 0.6 is 0 Å². The zero-order valence-electron chi connectivity index (χ0n) is 9.38. The van der Waals surface area contributed by atoms with Gasteiger partial charge in [-0.3, -0.25) is 0 Å². The average Bonchev–Trinajstić information content (AvgIpc) is 2.28. The number of rotatable bonds is 4. The monoisotopic (exact) mass is 242 g/mol. The molecule has 1 atom stereocenters. The van der Waals surface area contributed by atoms with E-state index in [1.807, 2.05) is 13.0 Å². The van der Waals surface area contributed by atoms with Gasteiger partial charge < -0.3 is 5.32 Å². The summed E-state index contributed by atoms with van der Waals surface area (Å²) in [5.41, 5.74) is 0.126. The Morgan fingerprint density at radius 2 is 1.88 bits per heavy atom. The Balaban J connectivity index is 2.65. The fourth-order valence-electron chi connectivity index (χ4n) is 1.42. The van der Waals surface area contributed by atoms with Crippen LogP contribution < -0.4 is 5.32 Å². The molecule has 1 rings (SSSR count). The highest BCUT2D eigenvalue weighted by molar-refractivity contribution is 5.26. The standard InChI is InChI=1S/C12H13F3N2/c1-9(17-8-2-7-16)10-3-5-11(6-4-10)12(13,14)15/h3-6,9,17H,2,8H2,1H3. The molecule has 5 heteroatoms. The molecule has 0 radical (unpaired) electrons. The summed E-state index contributed by atoms with van der Waals surface area (Å²) in [6, 6.07) is 6.97. The average molecular weight is 242 g/mol. The van der Waals surface area contributed by atoms with Gasteiger partial charge in [0.15, 0.2) is 0 Å². The summed E-state index contributed by atoms with van der Waals surface area (Å²) in [4.78, 5) is 0. The number of hydrogen-bond acceptors (Lipinski definition) is 2. The Kier molecular flexibility index (Phi) is 4.53. The SMILES string of the molecule is CC(NCCC#N)c1ccc(C(F)(F)F)cc1. The minimum Gasteiger partial charge on any atom is -0.309 e. The Bertz CT molecular complexity index is 390. The molecule has 0 amide bonds. The molecule has 0 aromatic heterocycles. The molecule has 0 aliphatic rings. The number of halogens is 3. The predicted octanol–water partition coefficient (Wildman–Crippen LogP) is 3.27. The molecule has 0 saturated heterocycles. The summed E-state index contributed by atoms with van der Waals surface area (Å²) in [5.74, 6) is 0. The Morgan fingerprint density at radius 3 is 2.35 bits per heavy atom. The summed E-state index contributed by atoms with van der Waals surface area (Å²) in [6.45, 7) is 2.37. The summed E-state index contributed by atoms with van der Waals surface area (Å²) in [5, 5.41) is 11.4. The van der Waals surface area contributed by atoms with Crippen molar-refractivity contribution in [3.8, 4) is 6.07 Å². The maximum Gasteiger partial charge on any atom is 0.416 e. The third-order valence-electron chi connectivity index (χ3n) is 2.43. The van der Waals surface area contributed by atoms with Crippen molar-refractivity contribution in [3.05, 3.63) is 35.4 Å². The third kappa shape index (κ3) is 4.08. The van der Waals surface area contributed by atoms with E-state index in [1.165, 1.54) is 12.1 Å². The first kappa shape index (κ1) is 13.5. The lowest BCUT2D eigenvalue weighted by Crippen LogP contribution is -2.19. The van der Waals surface area contributed by atoms with Crippen molar-refractivity contribution in [3.63, 3.8) is 0 Å². The number of hydrogen-bond donors (Lipinski definition) is 1. The predicted molar refractivity (Wildman–Crippen MR) is 58.1 cm³/mol. The second-order valence-electron chi connectivity index (χ2n) is 3.70. The quantitative estimate of drug-likeness (QED) is 0.822. The maximum atomic E-state index is 12.3. The molecule has 1 N–H and O–H groups in total. The molecule has 0 aliphatic heterocycles. The zero-order valence-corrected chi connectivity index (χ0v) is 9.38. The molecule has 1 unspecified atom stereocenters. The van der Waals surface area contributed by atoms with Crippen LogP contribution in [0.4, 0.5) is 13.2 Å². The van der Waals surface area contributed by atoms with Crippen molar-refractivity contribution in [2.45, 2.75) is 25.6 Å². The molecule has 1 aromatic rings. The molecule has 0 heterocycles. The first-order valence-electron chi connectivity index (χ1n) is 5.22. The molecule has 17 heavy (non-hydrogen) atoms. The minimum atomic E-state index is -4.30. The van der Waals surface area contributed by atoms with E-state index >= 15 is 0 Å². The van der Waals surface area contributed by atoms with Crippen LogP contribution in [0.5, 0.6) is 0 Å². The van der Waals surface area contributed by atoms with Gasteiger partial charge in [0.05, 0.1) is 11.6 Å². The second-order valence-corrected chi connectivity index (χ2v) is 3.70. The first-order valence-corrected chi connectivity index (χ1v) is 5.22. The molecular formula is C12H13F3N2. The lowest BCUT2D eigenvalue weighted by atomic mass is 10.1. The molecule has 92 valence electrons. The smallest absolute Gasteiger partial charge is 0.309 e. The summed E-state index contributed by atoms with van der Waals surface area (Å²) < 4.78 is 37.0. The summed E-state index contributed by atoms with van der Waals surface area (Å²) in [6.07, 6.45) is -3.92. The fourth-order valence-corrected chi connectivity index (χ4v) is 1.42. The number of alkyl halides is 3. The van der Waals surface area contributed by atoms with E-state index in [1.54, 1.807) is 0 Å². The molecular weight excluding hydrogens is 229 g/mol. The zero-order chi connectivity index (χ0) is 12.9. The fraction of sp³-hybridized carbons (Fsp3) is 0.417. The highest BCUT2D eigenvalue weighted by atomic mass is 19.4. The van der Waals surface area contributed by atoms with E-state index in [4.69, 9.17) is 5.26 Å². The summed E-state index contributed by atoms with van der Waals surface area (Å²) >= 11 is 0. The van der Waals surface area contributed by atoms with Gasteiger partial charge in [-0.05, 0) is 24.6 Å². The van der Waals surface area contributed by atoms with Crippen molar-refractivity contribution in [2.24, 2.45) is 0 Å². The van der Waals surface area contributed by atoms with Crippen molar-refractivity contribution < 1.29 is 13.2 Å². The third-order valence-corrected chi connectivity index (χ3v) is 2.43. The molecule has 1 aromatic carbocycles. The van der Waals surface area contributed by atoms with E-state index in [0.717, 1.165) is 17.7 Å². The summed E-state index contributed by atoms with van der Waals surface area (Å²) in [7, 11) is 0. The van der Waals surface area contributed by atoms with Crippen LogP contribution in [-0.4, -0.2) is 6.54 Å². The molecule has 0 spiro atoms. The van der Waals surface area contributed by atoms with Gasteiger partial charge in [0.1, 0.15) is 0 Å². The highest BCUT2D eigenvalue weighted by Crippen LogP contribution is 2.29. The van der Waals surface area contributed by atoms with Gasteiger partial charge in [-0.2, -0.15) is 18.4 Å². The van der Waals surface area contributed by atoms with Gasteiger partial charge in [0, 0.05) is 19.0 Å². The van der Waals surface area contributed by atoms with Gasteiger partial charge in [-0.25, -0.2) is 0 Å². The molecule has 0 aliphatic carbocycles. The first-order chi connectivity index (χ1) is 7.95. The largest absolute Gasteiger partial charge is 0.416 e. The Morgan fingerprint density at radius 1 is 1.29 bits per heavy atom. The van der Waals surface area contributed by atoms with E-state index < -0.39 is 11.7 Å². The van der Waals surface area contributed by atoms with Crippen LogP contribution in [0.2, 0.25) is 0 Å². The van der Waals surface area contributed by atoms with Crippen LogP contribution in [0.1, 0.15) is 30.5 Å². The van der Waals surface area contributed by atoms with Crippen molar-refractivity contribution in [2.75, 3.05) is 6.54 Å². The maximum absolute atomic E-state index is 12.3. The second kappa shape index (κ2) is 5.69. The Labute approximate surface area is 98.1 Å². The highest BCUT2D eigenvalue weighted by Gasteiger charge is 2.30. The number of benzene rings is 1. The number of nitrogens with zero attached hydrogens (tertiary/aromatic N) is 1. The van der Waals surface area contributed by atoms with Gasteiger partial charge in [-0.1, -0.05) is 12.1 Å². The van der Waals surface area contributed by atoms with Crippen LogP contribution in [0.25, 0.3) is 0 Å². The van der Waals surface area contributed by atoms with Crippen molar-refractivity contribution >= 4 is 0 Å². The van der Waals surface area contributed by atoms with Gasteiger partial charge in [0.25, 0.3) is 0 Å². The van der Waals surface area contributed by atoms with Gasteiger partial charge in [0.2, 0.25) is 0 Å². The Hall–Kier alpha value is -1.54. The van der Waals surface area contributed by atoms with Crippen LogP contribution in [0, 0.1) is 11.3 Å². The van der Waals surface area contributed by atoms with E-state index in [0.29, 0.717) is 13.0 Å². The van der Waals surface area contributed by atoms with E-state index in [-0.39, 0.29) is 6.04 Å². The van der Waals surface area contributed by atoms with Gasteiger partial charge >= 0.3 is 6.18 Å². The van der Waals surface area contributed by atoms with Crippen LogP contribution in [-0.2, 0) is 6.18 Å². The molecule has 0 saturated carbocycles. The van der Waals surface area contributed by atoms with Gasteiger partial charge in [-0.15, -0.1) is 0 Å². The van der Waals surface area contributed by atoms with E-state index in [9.17, 15) is 13.2 Å². The minimum absolute atomic E-state index is 0.0642. The number of nitrogens with one attached hydrogen (secondary N) is 1. The lowest BCUT2D eigenvalue weighted by molar-refractivity contribution is -0.137.